The van der Waals surface area contributed by atoms with Crippen LogP contribution in [-0.2, 0) is 0 Å². The van der Waals surface area contributed by atoms with Crippen molar-refractivity contribution in [1.82, 2.24) is 5.32 Å². The largest absolute Gasteiger partial charge is 0.492 e. The molecule has 0 bridgehead atoms. The zero-order valence-electron chi connectivity index (χ0n) is 13.5. The van der Waals surface area contributed by atoms with E-state index in [9.17, 15) is 4.79 Å². The quantitative estimate of drug-likeness (QED) is 0.776. The molecule has 1 heterocycles. The van der Waals surface area contributed by atoms with Gasteiger partial charge in [-0.15, -0.1) is 11.3 Å². The summed E-state index contributed by atoms with van der Waals surface area (Å²) in [6.07, 6.45) is 0.679. The molecule has 2 aromatic rings. The average molecular weight is 333 g/mol. The van der Waals surface area contributed by atoms with E-state index < -0.39 is 0 Å². The third-order valence-electron chi connectivity index (χ3n) is 3.50. The first-order valence-corrected chi connectivity index (χ1v) is 8.68. The lowest BCUT2D eigenvalue weighted by Gasteiger charge is -2.11. The number of hydrogen-bond acceptors (Lipinski definition) is 4. The summed E-state index contributed by atoms with van der Waals surface area (Å²) in [5, 5.41) is 11.9. The number of carbonyl (C=O) groups is 1. The monoisotopic (exact) mass is 333 g/mol. The second-order valence-corrected chi connectivity index (χ2v) is 6.48. The number of aliphatic hydroxyl groups is 1. The number of amides is 1. The van der Waals surface area contributed by atoms with Gasteiger partial charge in [-0.1, -0.05) is 37.3 Å². The molecule has 4 nitrogen and oxygen atoms in total. The highest BCUT2D eigenvalue weighted by atomic mass is 32.1. The highest BCUT2D eigenvalue weighted by molar-refractivity contribution is 7.17. The van der Waals surface area contributed by atoms with Crippen LogP contribution in [0.15, 0.2) is 36.4 Å². The highest BCUT2D eigenvalue weighted by Crippen LogP contribution is 2.36. The lowest BCUT2D eigenvalue weighted by atomic mass is 10.1. The number of carbonyl (C=O) groups excluding carboxylic acids is 1. The molecule has 2 N–H and O–H groups in total. The van der Waals surface area contributed by atoms with Gasteiger partial charge in [-0.3, -0.25) is 4.79 Å². The van der Waals surface area contributed by atoms with Crippen molar-refractivity contribution in [2.24, 2.45) is 5.92 Å². The van der Waals surface area contributed by atoms with E-state index >= 15 is 0 Å². The molecule has 1 unspecified atom stereocenters. The number of nitrogens with one attached hydrogen (secondary N) is 1. The summed E-state index contributed by atoms with van der Waals surface area (Å²) in [7, 11) is 0. The van der Waals surface area contributed by atoms with Crippen LogP contribution in [-0.4, -0.2) is 30.8 Å². The van der Waals surface area contributed by atoms with Gasteiger partial charge in [0, 0.05) is 18.0 Å². The Labute approximate surface area is 141 Å². The van der Waals surface area contributed by atoms with Crippen molar-refractivity contribution in [1.29, 1.82) is 0 Å². The van der Waals surface area contributed by atoms with Crippen molar-refractivity contribution < 1.29 is 14.6 Å². The summed E-state index contributed by atoms with van der Waals surface area (Å²) in [6, 6.07) is 11.9. The fraction of sp³-hybridized carbons (Fsp3) is 0.389. The Hall–Kier alpha value is -1.85. The van der Waals surface area contributed by atoms with E-state index in [1.165, 1.54) is 11.3 Å². The van der Waals surface area contributed by atoms with Crippen LogP contribution in [0.2, 0.25) is 0 Å². The Morgan fingerprint density at radius 1 is 1.35 bits per heavy atom. The fourth-order valence-electron chi connectivity index (χ4n) is 2.21. The molecule has 0 saturated carbocycles. The summed E-state index contributed by atoms with van der Waals surface area (Å²) in [5.74, 6) is 0.752. The number of benzene rings is 1. The second kappa shape index (κ2) is 8.70. The number of thiophene rings is 1. The van der Waals surface area contributed by atoms with E-state index in [0.29, 0.717) is 30.2 Å². The van der Waals surface area contributed by atoms with Gasteiger partial charge in [-0.25, -0.2) is 0 Å². The van der Waals surface area contributed by atoms with Crippen LogP contribution in [0.25, 0.3) is 10.4 Å². The van der Waals surface area contributed by atoms with Crippen molar-refractivity contribution in [2.45, 2.75) is 20.3 Å². The SMILES string of the molecule is CCOc1cc(-c2ccccc2)sc1C(=O)NCC(C)CCO. The van der Waals surface area contributed by atoms with Crippen LogP contribution in [0, 0.1) is 5.92 Å². The maximum Gasteiger partial charge on any atom is 0.265 e. The minimum absolute atomic E-state index is 0.120. The van der Waals surface area contributed by atoms with Crippen LogP contribution in [0.5, 0.6) is 5.75 Å². The number of hydrogen-bond donors (Lipinski definition) is 2. The van der Waals surface area contributed by atoms with E-state index in [4.69, 9.17) is 9.84 Å². The normalized spacial score (nSPS) is 12.0. The summed E-state index contributed by atoms with van der Waals surface area (Å²) >= 11 is 1.44. The van der Waals surface area contributed by atoms with E-state index in [2.05, 4.69) is 5.32 Å². The van der Waals surface area contributed by atoms with Gasteiger partial charge in [0.15, 0.2) is 0 Å². The third-order valence-corrected chi connectivity index (χ3v) is 4.66. The first-order chi connectivity index (χ1) is 11.2. The Bertz CT molecular complexity index is 624. The first-order valence-electron chi connectivity index (χ1n) is 7.86. The fourth-order valence-corrected chi connectivity index (χ4v) is 3.23. The Kier molecular flexibility index (Phi) is 6.62. The molecule has 1 atom stereocenters. The molecule has 0 aliphatic heterocycles. The zero-order valence-corrected chi connectivity index (χ0v) is 14.4. The number of ether oxygens (including phenoxy) is 1. The van der Waals surface area contributed by atoms with Gasteiger partial charge in [0.1, 0.15) is 10.6 Å². The van der Waals surface area contributed by atoms with Crippen molar-refractivity contribution in [2.75, 3.05) is 19.8 Å². The van der Waals surface area contributed by atoms with Crippen molar-refractivity contribution >= 4 is 17.2 Å². The molecule has 0 spiro atoms. The molecular weight excluding hydrogens is 310 g/mol. The first kappa shape index (κ1) is 17.5. The molecule has 23 heavy (non-hydrogen) atoms. The van der Waals surface area contributed by atoms with E-state index in [1.807, 2.05) is 50.2 Å². The molecule has 0 aliphatic carbocycles. The molecule has 124 valence electrons. The van der Waals surface area contributed by atoms with E-state index in [-0.39, 0.29) is 18.4 Å². The summed E-state index contributed by atoms with van der Waals surface area (Å²) in [4.78, 5) is 14.1. The standard InChI is InChI=1S/C18H23NO3S/c1-3-22-15-11-16(14-7-5-4-6-8-14)23-17(15)18(21)19-12-13(2)9-10-20/h4-8,11,13,20H,3,9-10,12H2,1-2H3,(H,19,21). The van der Waals surface area contributed by atoms with Crippen LogP contribution < -0.4 is 10.1 Å². The summed E-state index contributed by atoms with van der Waals surface area (Å²) in [6.45, 7) is 5.11. The molecule has 0 aliphatic rings. The Morgan fingerprint density at radius 2 is 2.09 bits per heavy atom. The van der Waals surface area contributed by atoms with Crippen LogP contribution in [0.1, 0.15) is 29.9 Å². The molecule has 1 amide bonds. The zero-order chi connectivity index (χ0) is 16.7. The van der Waals surface area contributed by atoms with Gasteiger partial charge < -0.3 is 15.2 Å². The van der Waals surface area contributed by atoms with Crippen LogP contribution >= 0.6 is 11.3 Å². The van der Waals surface area contributed by atoms with Gasteiger partial charge in [0.05, 0.1) is 6.61 Å². The topological polar surface area (TPSA) is 58.6 Å². The molecular formula is C18H23NO3S. The van der Waals surface area contributed by atoms with Gasteiger partial charge in [0.25, 0.3) is 5.91 Å². The lowest BCUT2D eigenvalue weighted by molar-refractivity contribution is 0.0946. The van der Waals surface area contributed by atoms with Crippen LogP contribution in [0.4, 0.5) is 0 Å². The molecule has 0 fully saturated rings. The predicted molar refractivity (Wildman–Crippen MR) is 94.1 cm³/mol. The van der Waals surface area contributed by atoms with Gasteiger partial charge in [-0.2, -0.15) is 0 Å². The third kappa shape index (κ3) is 4.81. The molecule has 1 aromatic heterocycles. The maximum absolute atomic E-state index is 12.5. The van der Waals surface area contributed by atoms with Gasteiger partial charge >= 0.3 is 0 Å². The number of rotatable bonds is 8. The molecule has 2 rings (SSSR count). The predicted octanol–water partition coefficient (Wildman–Crippen LogP) is 3.56. The minimum Gasteiger partial charge on any atom is -0.492 e. The second-order valence-electron chi connectivity index (χ2n) is 5.43. The minimum atomic E-state index is -0.120. The number of aliphatic hydroxyl groups excluding tert-OH is 1. The average Bonchev–Trinajstić information content (AvgIpc) is 2.98. The molecule has 0 saturated heterocycles. The summed E-state index contributed by atoms with van der Waals surface area (Å²) < 4.78 is 5.62. The smallest absolute Gasteiger partial charge is 0.265 e. The maximum atomic E-state index is 12.5. The molecule has 0 radical (unpaired) electrons. The molecule has 1 aromatic carbocycles. The van der Waals surface area contributed by atoms with Gasteiger partial charge in [-0.05, 0) is 30.9 Å². The van der Waals surface area contributed by atoms with Crippen molar-refractivity contribution in [3.8, 4) is 16.2 Å². The lowest BCUT2D eigenvalue weighted by Crippen LogP contribution is -2.28. The van der Waals surface area contributed by atoms with E-state index in [0.717, 1.165) is 10.4 Å². The van der Waals surface area contributed by atoms with E-state index in [1.54, 1.807) is 0 Å². The van der Waals surface area contributed by atoms with Crippen molar-refractivity contribution in [3.05, 3.63) is 41.3 Å². The van der Waals surface area contributed by atoms with Crippen molar-refractivity contribution in [3.63, 3.8) is 0 Å². The van der Waals surface area contributed by atoms with Crippen LogP contribution in [0.3, 0.4) is 0 Å². The highest BCUT2D eigenvalue weighted by Gasteiger charge is 2.18. The summed E-state index contributed by atoms with van der Waals surface area (Å²) in [5.41, 5.74) is 1.08. The van der Waals surface area contributed by atoms with Gasteiger partial charge in [0.2, 0.25) is 0 Å². The molecule has 5 heteroatoms. The Balaban J connectivity index is 2.16. The Morgan fingerprint density at radius 3 is 2.74 bits per heavy atom.